The molecule has 0 rings (SSSR count). The maximum absolute atomic E-state index is 11.4. The van der Waals surface area contributed by atoms with Gasteiger partial charge in [0.15, 0.2) is 0 Å². The summed E-state index contributed by atoms with van der Waals surface area (Å²) in [7, 11) is 1.55. The molecule has 0 aromatic rings. The highest BCUT2D eigenvalue weighted by Crippen LogP contribution is 2.15. The van der Waals surface area contributed by atoms with Crippen LogP contribution in [0.25, 0.3) is 0 Å². The zero-order chi connectivity index (χ0) is 11.3. The van der Waals surface area contributed by atoms with E-state index in [0.717, 1.165) is 5.57 Å². The maximum atomic E-state index is 11.4. The summed E-state index contributed by atoms with van der Waals surface area (Å²) >= 11 is 0. The molecule has 14 heavy (non-hydrogen) atoms. The predicted molar refractivity (Wildman–Crippen MR) is 56.9 cm³/mol. The van der Waals surface area contributed by atoms with Crippen LogP contribution in [0, 0.1) is 5.92 Å². The molecule has 1 unspecified atom stereocenters. The first-order chi connectivity index (χ1) is 6.40. The van der Waals surface area contributed by atoms with Gasteiger partial charge >= 0.3 is 0 Å². The molecule has 0 bridgehead atoms. The lowest BCUT2D eigenvalue weighted by Crippen LogP contribution is -2.32. The Morgan fingerprint density at radius 1 is 1.14 bits per heavy atom. The van der Waals surface area contributed by atoms with Gasteiger partial charge in [-0.1, -0.05) is 11.1 Å². The Kier molecular flexibility index (Phi) is 5.13. The number of Topliss-reactive ketones (excluding diaryl/α,β-unsaturated/α-hetero) is 1. The Balaban J connectivity index is 4.64. The van der Waals surface area contributed by atoms with Crippen molar-refractivity contribution in [1.29, 1.82) is 0 Å². The second-order valence-electron chi connectivity index (χ2n) is 3.76. The van der Waals surface area contributed by atoms with Gasteiger partial charge in [0.25, 0.3) is 0 Å². The molecule has 0 aromatic heterocycles. The van der Waals surface area contributed by atoms with Gasteiger partial charge in [0, 0.05) is 7.05 Å². The van der Waals surface area contributed by atoms with Crippen molar-refractivity contribution < 1.29 is 9.59 Å². The lowest BCUT2D eigenvalue weighted by atomic mass is 9.94. The molecule has 3 heteroatoms. The van der Waals surface area contributed by atoms with E-state index in [9.17, 15) is 9.59 Å². The first-order valence-electron chi connectivity index (χ1n) is 4.75. The lowest BCUT2D eigenvalue weighted by Gasteiger charge is -2.13. The van der Waals surface area contributed by atoms with Crippen LogP contribution in [0.1, 0.15) is 34.1 Å². The molecule has 1 atom stereocenters. The van der Waals surface area contributed by atoms with E-state index in [1.807, 2.05) is 20.8 Å². The highest BCUT2D eigenvalue weighted by Gasteiger charge is 2.22. The Morgan fingerprint density at radius 3 is 1.93 bits per heavy atom. The first-order valence-corrected chi connectivity index (χ1v) is 4.75. The normalized spacial score (nSPS) is 11.8. The molecule has 0 saturated carbocycles. The van der Waals surface area contributed by atoms with Gasteiger partial charge in [0.2, 0.25) is 5.91 Å². The molecule has 0 spiro atoms. The van der Waals surface area contributed by atoms with Gasteiger partial charge in [-0.2, -0.15) is 0 Å². The average Bonchev–Trinajstić information content (AvgIpc) is 2.11. The summed E-state index contributed by atoms with van der Waals surface area (Å²) in [6.45, 7) is 7.37. The van der Waals surface area contributed by atoms with Crippen molar-refractivity contribution in [3.8, 4) is 0 Å². The zero-order valence-corrected chi connectivity index (χ0v) is 9.60. The lowest BCUT2D eigenvalue weighted by molar-refractivity contribution is -0.132. The average molecular weight is 197 g/mol. The van der Waals surface area contributed by atoms with Crippen LogP contribution in [-0.4, -0.2) is 18.7 Å². The van der Waals surface area contributed by atoms with Crippen LogP contribution in [0.4, 0.5) is 0 Å². The van der Waals surface area contributed by atoms with Crippen LogP contribution >= 0.6 is 0 Å². The molecule has 80 valence electrons. The number of amides is 1. The second kappa shape index (κ2) is 5.58. The van der Waals surface area contributed by atoms with E-state index in [2.05, 4.69) is 5.32 Å². The van der Waals surface area contributed by atoms with Crippen LogP contribution < -0.4 is 5.32 Å². The maximum Gasteiger partial charge on any atom is 0.230 e. The van der Waals surface area contributed by atoms with E-state index in [4.69, 9.17) is 0 Å². The second-order valence-corrected chi connectivity index (χ2v) is 3.76. The predicted octanol–water partition coefficient (Wildman–Crippen LogP) is 1.68. The summed E-state index contributed by atoms with van der Waals surface area (Å²) in [5, 5.41) is 2.51. The number of ketones is 1. The number of carbonyl (C=O) groups excluding carboxylic acids is 2. The van der Waals surface area contributed by atoms with Crippen molar-refractivity contribution in [2.45, 2.75) is 34.1 Å². The van der Waals surface area contributed by atoms with E-state index in [1.165, 1.54) is 12.5 Å². The number of carbonyl (C=O) groups is 2. The fourth-order valence-electron chi connectivity index (χ4n) is 1.11. The number of hydrogen-bond acceptors (Lipinski definition) is 2. The van der Waals surface area contributed by atoms with E-state index < -0.39 is 5.92 Å². The molecule has 0 aliphatic rings. The monoisotopic (exact) mass is 197 g/mol. The summed E-state index contributed by atoms with van der Waals surface area (Å²) in [6.07, 6.45) is 0.525. The number of hydrogen-bond donors (Lipinski definition) is 1. The summed E-state index contributed by atoms with van der Waals surface area (Å²) in [5.74, 6) is -0.807. The summed E-state index contributed by atoms with van der Waals surface area (Å²) in [4.78, 5) is 22.6. The van der Waals surface area contributed by atoms with Crippen LogP contribution in [0.2, 0.25) is 0 Å². The molecular weight excluding hydrogens is 178 g/mol. The van der Waals surface area contributed by atoms with Gasteiger partial charge in [-0.05, 0) is 34.1 Å². The molecule has 0 saturated heterocycles. The molecule has 0 radical (unpaired) electrons. The minimum atomic E-state index is -0.532. The minimum Gasteiger partial charge on any atom is -0.359 e. The van der Waals surface area contributed by atoms with Gasteiger partial charge in [0.1, 0.15) is 5.78 Å². The van der Waals surface area contributed by atoms with Gasteiger partial charge in [0.05, 0.1) is 5.92 Å². The standard InChI is InChI=1S/C11H19NO2/c1-7(2)8(3)6-10(9(4)13)11(14)12-5/h10H,6H2,1-5H3,(H,12,14). The summed E-state index contributed by atoms with van der Waals surface area (Å²) < 4.78 is 0. The topological polar surface area (TPSA) is 46.2 Å². The quantitative estimate of drug-likeness (QED) is 0.550. The Bertz CT molecular complexity index is 262. The third kappa shape index (κ3) is 3.73. The molecule has 0 fully saturated rings. The molecule has 0 aliphatic heterocycles. The van der Waals surface area contributed by atoms with Crippen LogP contribution in [0.15, 0.2) is 11.1 Å². The van der Waals surface area contributed by atoms with Crippen molar-refractivity contribution in [2.24, 2.45) is 5.92 Å². The summed E-state index contributed by atoms with van der Waals surface area (Å²) in [6, 6.07) is 0. The first kappa shape index (κ1) is 12.9. The molecule has 3 nitrogen and oxygen atoms in total. The zero-order valence-electron chi connectivity index (χ0n) is 9.60. The van der Waals surface area contributed by atoms with Crippen LogP contribution in [0.5, 0.6) is 0 Å². The molecule has 1 amide bonds. The van der Waals surface area contributed by atoms with Gasteiger partial charge in [-0.3, -0.25) is 9.59 Å². The number of allylic oxidation sites excluding steroid dienone is 2. The smallest absolute Gasteiger partial charge is 0.230 e. The third-order valence-corrected chi connectivity index (χ3v) is 2.42. The largest absolute Gasteiger partial charge is 0.359 e. The third-order valence-electron chi connectivity index (χ3n) is 2.42. The molecule has 1 N–H and O–H groups in total. The molecule has 0 aliphatic carbocycles. The van der Waals surface area contributed by atoms with E-state index in [0.29, 0.717) is 6.42 Å². The highest BCUT2D eigenvalue weighted by atomic mass is 16.2. The summed E-state index contributed by atoms with van der Waals surface area (Å²) in [5.41, 5.74) is 2.27. The van der Waals surface area contributed by atoms with Gasteiger partial charge in [-0.25, -0.2) is 0 Å². The number of nitrogens with one attached hydrogen (secondary N) is 1. The van der Waals surface area contributed by atoms with E-state index in [-0.39, 0.29) is 11.7 Å². The molecule has 0 aromatic carbocycles. The fraction of sp³-hybridized carbons (Fsp3) is 0.636. The Morgan fingerprint density at radius 2 is 1.64 bits per heavy atom. The van der Waals surface area contributed by atoms with Crippen LogP contribution in [-0.2, 0) is 9.59 Å². The van der Waals surface area contributed by atoms with Gasteiger partial charge in [-0.15, -0.1) is 0 Å². The van der Waals surface area contributed by atoms with Gasteiger partial charge < -0.3 is 5.32 Å². The number of rotatable bonds is 4. The molecule has 0 heterocycles. The molecular formula is C11H19NO2. The van der Waals surface area contributed by atoms with E-state index in [1.54, 1.807) is 7.05 Å². The minimum absolute atomic E-state index is 0.0787. The SMILES string of the molecule is CNC(=O)C(CC(C)=C(C)C)C(C)=O. The van der Waals surface area contributed by atoms with E-state index >= 15 is 0 Å². The van der Waals surface area contributed by atoms with Crippen molar-refractivity contribution >= 4 is 11.7 Å². The van der Waals surface area contributed by atoms with Crippen molar-refractivity contribution in [1.82, 2.24) is 5.32 Å². The highest BCUT2D eigenvalue weighted by molar-refractivity contribution is 6.00. The van der Waals surface area contributed by atoms with Crippen LogP contribution in [0.3, 0.4) is 0 Å². The Hall–Kier alpha value is -1.12. The van der Waals surface area contributed by atoms with Crippen molar-refractivity contribution in [2.75, 3.05) is 7.05 Å². The Labute approximate surface area is 85.6 Å². The fourth-order valence-corrected chi connectivity index (χ4v) is 1.11. The van der Waals surface area contributed by atoms with Crippen molar-refractivity contribution in [3.05, 3.63) is 11.1 Å². The van der Waals surface area contributed by atoms with Crippen molar-refractivity contribution in [3.63, 3.8) is 0 Å².